The SMILES string of the molecule is CC(C)(C)NC(=O)COC1CCCCC1CN. The molecule has 1 aliphatic rings. The molecule has 0 aromatic carbocycles. The van der Waals surface area contributed by atoms with Crippen molar-refractivity contribution in [2.24, 2.45) is 11.7 Å². The lowest BCUT2D eigenvalue weighted by molar-refractivity contribution is -0.131. The second-order valence-electron chi connectivity index (χ2n) is 5.93. The molecule has 0 heterocycles. The minimum atomic E-state index is -0.194. The normalized spacial score (nSPS) is 25.6. The fraction of sp³-hybridized carbons (Fsp3) is 0.923. The van der Waals surface area contributed by atoms with Crippen molar-refractivity contribution in [1.29, 1.82) is 0 Å². The molecule has 1 fully saturated rings. The van der Waals surface area contributed by atoms with Crippen molar-refractivity contribution >= 4 is 5.91 Å². The summed E-state index contributed by atoms with van der Waals surface area (Å²) >= 11 is 0. The number of hydrogen-bond acceptors (Lipinski definition) is 3. The molecule has 1 amide bonds. The van der Waals surface area contributed by atoms with E-state index in [1.165, 1.54) is 12.8 Å². The Morgan fingerprint density at radius 3 is 2.59 bits per heavy atom. The van der Waals surface area contributed by atoms with Crippen LogP contribution in [0.5, 0.6) is 0 Å². The quantitative estimate of drug-likeness (QED) is 0.784. The van der Waals surface area contributed by atoms with Gasteiger partial charge in [-0.1, -0.05) is 12.8 Å². The zero-order chi connectivity index (χ0) is 12.9. The first-order valence-corrected chi connectivity index (χ1v) is 6.55. The Hall–Kier alpha value is -0.610. The van der Waals surface area contributed by atoms with Crippen LogP contribution < -0.4 is 11.1 Å². The van der Waals surface area contributed by atoms with E-state index in [4.69, 9.17) is 10.5 Å². The standard InChI is InChI=1S/C13H26N2O2/c1-13(2,3)15-12(16)9-17-11-7-5-4-6-10(11)8-14/h10-11H,4-9,14H2,1-3H3,(H,15,16). The zero-order valence-electron chi connectivity index (χ0n) is 11.3. The van der Waals surface area contributed by atoms with Gasteiger partial charge in [0, 0.05) is 5.54 Å². The molecular formula is C13H26N2O2. The van der Waals surface area contributed by atoms with Crippen molar-refractivity contribution < 1.29 is 9.53 Å². The average molecular weight is 242 g/mol. The van der Waals surface area contributed by atoms with E-state index in [0.717, 1.165) is 12.8 Å². The lowest BCUT2D eigenvalue weighted by Gasteiger charge is -2.30. The monoisotopic (exact) mass is 242 g/mol. The lowest BCUT2D eigenvalue weighted by Crippen LogP contribution is -2.44. The fourth-order valence-corrected chi connectivity index (χ4v) is 2.30. The van der Waals surface area contributed by atoms with Crippen LogP contribution in [0.4, 0.5) is 0 Å². The molecule has 4 heteroatoms. The van der Waals surface area contributed by atoms with Crippen LogP contribution in [0.1, 0.15) is 46.5 Å². The Morgan fingerprint density at radius 2 is 2.00 bits per heavy atom. The molecule has 1 aliphatic carbocycles. The fourth-order valence-electron chi connectivity index (χ4n) is 2.30. The first kappa shape index (κ1) is 14.5. The molecule has 1 saturated carbocycles. The Bertz CT molecular complexity index is 248. The summed E-state index contributed by atoms with van der Waals surface area (Å²) in [6.07, 6.45) is 4.74. The Balaban J connectivity index is 2.31. The molecule has 1 rings (SSSR count). The number of amides is 1. The maximum atomic E-state index is 11.6. The predicted molar refractivity (Wildman–Crippen MR) is 68.6 cm³/mol. The van der Waals surface area contributed by atoms with Gasteiger partial charge in [-0.3, -0.25) is 4.79 Å². The third-order valence-electron chi connectivity index (χ3n) is 3.09. The highest BCUT2D eigenvalue weighted by Crippen LogP contribution is 2.25. The maximum absolute atomic E-state index is 11.6. The number of ether oxygens (including phenoxy) is 1. The van der Waals surface area contributed by atoms with Gasteiger partial charge in [-0.05, 0) is 46.1 Å². The molecule has 4 nitrogen and oxygen atoms in total. The van der Waals surface area contributed by atoms with Gasteiger partial charge in [0.05, 0.1) is 6.10 Å². The largest absolute Gasteiger partial charge is 0.368 e. The summed E-state index contributed by atoms with van der Waals surface area (Å²) in [5.41, 5.74) is 5.53. The predicted octanol–water partition coefficient (Wildman–Crippen LogP) is 1.44. The molecule has 2 atom stereocenters. The number of nitrogens with two attached hydrogens (primary N) is 1. The van der Waals surface area contributed by atoms with Crippen LogP contribution in [0.15, 0.2) is 0 Å². The maximum Gasteiger partial charge on any atom is 0.246 e. The molecule has 0 radical (unpaired) electrons. The summed E-state index contributed by atoms with van der Waals surface area (Å²) in [5.74, 6) is 0.380. The second kappa shape index (κ2) is 6.36. The van der Waals surface area contributed by atoms with Gasteiger partial charge in [0.2, 0.25) is 5.91 Å². The molecule has 0 spiro atoms. The van der Waals surface area contributed by atoms with E-state index < -0.39 is 0 Å². The molecule has 100 valence electrons. The molecule has 0 bridgehead atoms. The van der Waals surface area contributed by atoms with E-state index in [9.17, 15) is 4.79 Å². The van der Waals surface area contributed by atoms with E-state index in [1.807, 2.05) is 20.8 Å². The van der Waals surface area contributed by atoms with Gasteiger partial charge >= 0.3 is 0 Å². The highest BCUT2D eigenvalue weighted by molar-refractivity contribution is 5.77. The van der Waals surface area contributed by atoms with Crippen molar-refractivity contribution in [3.63, 3.8) is 0 Å². The van der Waals surface area contributed by atoms with Gasteiger partial charge in [-0.2, -0.15) is 0 Å². The molecule has 2 unspecified atom stereocenters. The van der Waals surface area contributed by atoms with Crippen molar-refractivity contribution in [2.45, 2.75) is 58.1 Å². The molecule has 0 aromatic heterocycles. The second-order valence-corrected chi connectivity index (χ2v) is 5.93. The number of hydrogen-bond donors (Lipinski definition) is 2. The lowest BCUT2D eigenvalue weighted by atomic mass is 9.86. The van der Waals surface area contributed by atoms with Gasteiger partial charge < -0.3 is 15.8 Å². The van der Waals surface area contributed by atoms with Crippen molar-refractivity contribution in [2.75, 3.05) is 13.2 Å². The topological polar surface area (TPSA) is 64.3 Å². The van der Waals surface area contributed by atoms with Crippen LogP contribution in [0.2, 0.25) is 0 Å². The van der Waals surface area contributed by atoms with Crippen molar-refractivity contribution in [3.8, 4) is 0 Å². The number of carbonyl (C=O) groups is 1. The third kappa shape index (κ3) is 5.50. The van der Waals surface area contributed by atoms with Crippen molar-refractivity contribution in [3.05, 3.63) is 0 Å². The smallest absolute Gasteiger partial charge is 0.246 e. The first-order chi connectivity index (χ1) is 7.92. The Labute approximate surface area is 104 Å². The summed E-state index contributed by atoms with van der Waals surface area (Å²) in [6.45, 7) is 6.71. The number of nitrogens with one attached hydrogen (secondary N) is 1. The van der Waals surface area contributed by atoms with E-state index in [2.05, 4.69) is 5.32 Å². The zero-order valence-corrected chi connectivity index (χ0v) is 11.3. The van der Waals surface area contributed by atoms with Crippen LogP contribution in [0.3, 0.4) is 0 Å². The van der Waals surface area contributed by atoms with Crippen LogP contribution in [0.25, 0.3) is 0 Å². The highest BCUT2D eigenvalue weighted by atomic mass is 16.5. The van der Waals surface area contributed by atoms with Crippen LogP contribution in [-0.2, 0) is 9.53 Å². The highest BCUT2D eigenvalue weighted by Gasteiger charge is 2.25. The van der Waals surface area contributed by atoms with Crippen molar-refractivity contribution in [1.82, 2.24) is 5.32 Å². The van der Waals surface area contributed by atoms with E-state index in [0.29, 0.717) is 12.5 Å². The van der Waals surface area contributed by atoms with Gasteiger partial charge in [-0.25, -0.2) is 0 Å². The summed E-state index contributed by atoms with van der Waals surface area (Å²) in [5, 5.41) is 2.90. The minimum Gasteiger partial charge on any atom is -0.368 e. The van der Waals surface area contributed by atoms with E-state index in [1.54, 1.807) is 0 Å². The molecule has 0 aromatic rings. The summed E-state index contributed by atoms with van der Waals surface area (Å²) in [4.78, 5) is 11.6. The van der Waals surface area contributed by atoms with Crippen LogP contribution >= 0.6 is 0 Å². The van der Waals surface area contributed by atoms with Crippen LogP contribution in [0, 0.1) is 5.92 Å². The number of rotatable bonds is 4. The molecule has 3 N–H and O–H groups in total. The molecule has 17 heavy (non-hydrogen) atoms. The van der Waals surface area contributed by atoms with Gasteiger partial charge in [-0.15, -0.1) is 0 Å². The summed E-state index contributed by atoms with van der Waals surface area (Å²) < 4.78 is 5.70. The van der Waals surface area contributed by atoms with Gasteiger partial charge in [0.1, 0.15) is 6.61 Å². The minimum absolute atomic E-state index is 0.0427. The van der Waals surface area contributed by atoms with Crippen LogP contribution in [-0.4, -0.2) is 30.7 Å². The molecule has 0 saturated heterocycles. The van der Waals surface area contributed by atoms with Gasteiger partial charge in [0.15, 0.2) is 0 Å². The molecular weight excluding hydrogens is 216 g/mol. The Morgan fingerprint density at radius 1 is 1.35 bits per heavy atom. The number of carbonyl (C=O) groups excluding carboxylic acids is 1. The summed E-state index contributed by atoms with van der Waals surface area (Å²) in [6, 6.07) is 0. The first-order valence-electron chi connectivity index (χ1n) is 6.55. The van der Waals surface area contributed by atoms with Gasteiger partial charge in [0.25, 0.3) is 0 Å². The molecule has 0 aliphatic heterocycles. The summed E-state index contributed by atoms with van der Waals surface area (Å²) in [7, 11) is 0. The van der Waals surface area contributed by atoms with E-state index in [-0.39, 0.29) is 24.2 Å². The Kier molecular flexibility index (Phi) is 5.40. The average Bonchev–Trinajstić information content (AvgIpc) is 2.24. The third-order valence-corrected chi connectivity index (χ3v) is 3.09. The van der Waals surface area contributed by atoms with E-state index >= 15 is 0 Å².